The SMILES string of the molecule is C[C@]12CCC(=O)C=C1CC[C@H]1[C@@H]3CC[C@](O)(C(=O)COP(=O)(O)O)[C@@]3(C)C[C@@H](O)[C@@]12F. The van der Waals surface area contributed by atoms with Gasteiger partial charge in [0.1, 0.15) is 17.9 Å². The first kappa shape index (κ1) is 23.2. The maximum Gasteiger partial charge on any atom is 0.470 e. The monoisotopic (exact) mass is 460 g/mol. The molecule has 0 aliphatic heterocycles. The largest absolute Gasteiger partial charge is 0.470 e. The van der Waals surface area contributed by atoms with Gasteiger partial charge in [-0.1, -0.05) is 19.4 Å². The lowest BCUT2D eigenvalue weighted by Crippen LogP contribution is -2.69. The maximum absolute atomic E-state index is 16.9. The molecule has 10 heteroatoms. The summed E-state index contributed by atoms with van der Waals surface area (Å²) in [5.74, 6) is -1.91. The average Bonchev–Trinajstić information content (AvgIpc) is 2.93. The molecule has 31 heavy (non-hydrogen) atoms. The van der Waals surface area contributed by atoms with Gasteiger partial charge in [-0.15, -0.1) is 0 Å². The molecule has 7 atom stereocenters. The van der Waals surface area contributed by atoms with E-state index in [1.165, 1.54) is 6.08 Å². The molecule has 0 aromatic carbocycles. The fourth-order valence-corrected chi connectivity index (χ4v) is 7.58. The Kier molecular flexibility index (Phi) is 5.25. The standard InChI is InChI=1S/C21H30FO8P/c1-18-7-5-13(23)9-12(18)3-4-15-14-6-8-20(26,17(25)11-30-31(27,28)29)19(14,2)10-16(24)21(15,18)22/h9,14-16,24,26H,3-8,10-11H2,1-2H3,(H2,27,28,29)/t14-,15-,16+,18-,19-,20-,21-/m0/s1. The van der Waals surface area contributed by atoms with Crippen molar-refractivity contribution in [2.24, 2.45) is 22.7 Å². The highest BCUT2D eigenvalue weighted by molar-refractivity contribution is 7.46. The van der Waals surface area contributed by atoms with Crippen molar-refractivity contribution in [2.45, 2.75) is 76.2 Å². The molecule has 4 N–H and O–H groups in total. The van der Waals surface area contributed by atoms with Gasteiger partial charge in [0, 0.05) is 23.2 Å². The number of hydrogen-bond donors (Lipinski definition) is 4. The Balaban J connectivity index is 1.69. The summed E-state index contributed by atoms with van der Waals surface area (Å²) >= 11 is 0. The van der Waals surface area contributed by atoms with Crippen molar-refractivity contribution in [3.05, 3.63) is 11.6 Å². The summed E-state index contributed by atoms with van der Waals surface area (Å²) in [5.41, 5.74) is -5.39. The number of phosphoric acid groups is 1. The summed E-state index contributed by atoms with van der Waals surface area (Å²) in [6.07, 6.45) is 1.70. The third-order valence-corrected chi connectivity index (χ3v) is 9.48. The highest BCUT2D eigenvalue weighted by Crippen LogP contribution is 2.70. The smallest absolute Gasteiger partial charge is 0.390 e. The minimum absolute atomic E-state index is 0.00865. The zero-order valence-corrected chi connectivity index (χ0v) is 18.6. The number of carbonyl (C=O) groups excluding carboxylic acids is 2. The fourth-order valence-electron chi connectivity index (χ4n) is 7.30. The van der Waals surface area contributed by atoms with Crippen molar-refractivity contribution >= 4 is 19.4 Å². The Hall–Kier alpha value is -0.960. The first-order chi connectivity index (χ1) is 14.2. The van der Waals surface area contributed by atoms with Crippen LogP contribution in [0.3, 0.4) is 0 Å². The first-order valence-corrected chi connectivity index (χ1v) is 12.3. The second-order valence-electron chi connectivity index (χ2n) is 10.2. The van der Waals surface area contributed by atoms with Gasteiger partial charge in [0.05, 0.1) is 6.10 Å². The van der Waals surface area contributed by atoms with Crippen molar-refractivity contribution < 1.29 is 43.1 Å². The van der Waals surface area contributed by atoms with E-state index in [0.29, 0.717) is 25.7 Å². The number of aliphatic hydroxyl groups excluding tert-OH is 1. The van der Waals surface area contributed by atoms with Crippen LogP contribution in [0.2, 0.25) is 0 Å². The Labute approximate surface area is 180 Å². The molecule has 3 saturated carbocycles. The molecule has 4 aliphatic rings. The molecule has 0 aromatic rings. The number of ketones is 2. The summed E-state index contributed by atoms with van der Waals surface area (Å²) in [6.45, 7) is 2.46. The van der Waals surface area contributed by atoms with Crippen LogP contribution in [0.5, 0.6) is 0 Å². The van der Waals surface area contributed by atoms with Gasteiger partial charge >= 0.3 is 7.82 Å². The van der Waals surface area contributed by atoms with Crippen LogP contribution < -0.4 is 0 Å². The molecule has 0 amide bonds. The number of carbonyl (C=O) groups is 2. The molecule has 174 valence electrons. The predicted molar refractivity (Wildman–Crippen MR) is 106 cm³/mol. The van der Waals surface area contributed by atoms with E-state index in [1.54, 1.807) is 13.8 Å². The van der Waals surface area contributed by atoms with Crippen molar-refractivity contribution in [2.75, 3.05) is 6.61 Å². The Bertz CT molecular complexity index is 900. The number of allylic oxidation sites excluding steroid dienone is 1. The molecule has 4 aliphatic carbocycles. The molecule has 3 fully saturated rings. The maximum atomic E-state index is 16.9. The number of alkyl halides is 1. The van der Waals surface area contributed by atoms with Gasteiger partial charge in [0.2, 0.25) is 0 Å². The van der Waals surface area contributed by atoms with Gasteiger partial charge < -0.3 is 20.0 Å². The molecule has 0 radical (unpaired) electrons. The molecule has 8 nitrogen and oxygen atoms in total. The number of phosphoric ester groups is 1. The lowest BCUT2D eigenvalue weighted by molar-refractivity contribution is -0.226. The van der Waals surface area contributed by atoms with E-state index in [2.05, 4.69) is 4.52 Å². The molecule has 0 bridgehead atoms. The van der Waals surface area contributed by atoms with Gasteiger partial charge in [0.25, 0.3) is 0 Å². The molecule has 0 heterocycles. The number of fused-ring (bicyclic) bond motifs is 5. The van der Waals surface area contributed by atoms with Gasteiger partial charge in [-0.2, -0.15) is 0 Å². The highest BCUT2D eigenvalue weighted by atomic mass is 31.2. The highest BCUT2D eigenvalue weighted by Gasteiger charge is 2.74. The van der Waals surface area contributed by atoms with Gasteiger partial charge in [-0.3, -0.25) is 14.1 Å². The molecule has 0 unspecified atom stereocenters. The number of aliphatic hydroxyl groups is 2. The van der Waals surface area contributed by atoms with Crippen LogP contribution in [0.4, 0.5) is 4.39 Å². The molecular weight excluding hydrogens is 430 g/mol. The quantitative estimate of drug-likeness (QED) is 0.467. The van der Waals surface area contributed by atoms with E-state index in [-0.39, 0.29) is 25.0 Å². The summed E-state index contributed by atoms with van der Waals surface area (Å²) in [4.78, 5) is 42.6. The lowest BCUT2D eigenvalue weighted by Gasteiger charge is -2.63. The molecule has 0 saturated heterocycles. The van der Waals surface area contributed by atoms with E-state index in [0.717, 1.165) is 5.57 Å². The average molecular weight is 460 g/mol. The van der Waals surface area contributed by atoms with Crippen LogP contribution in [0.1, 0.15) is 58.8 Å². The van der Waals surface area contributed by atoms with Crippen LogP contribution in [-0.2, 0) is 18.7 Å². The van der Waals surface area contributed by atoms with Crippen LogP contribution in [-0.4, -0.2) is 55.5 Å². The number of halogens is 1. The van der Waals surface area contributed by atoms with E-state index in [4.69, 9.17) is 9.79 Å². The van der Waals surface area contributed by atoms with Crippen molar-refractivity contribution in [1.82, 2.24) is 0 Å². The van der Waals surface area contributed by atoms with Gasteiger partial charge in [0.15, 0.2) is 11.6 Å². The lowest BCUT2D eigenvalue weighted by atomic mass is 9.44. The van der Waals surface area contributed by atoms with Crippen LogP contribution in [0.25, 0.3) is 0 Å². The minimum atomic E-state index is -4.90. The van der Waals surface area contributed by atoms with E-state index < -0.39 is 60.3 Å². The van der Waals surface area contributed by atoms with E-state index in [9.17, 15) is 24.4 Å². The number of rotatable bonds is 4. The second kappa shape index (κ2) is 7.02. The molecular formula is C21H30FO8P. The third-order valence-electron chi connectivity index (χ3n) is 9.02. The van der Waals surface area contributed by atoms with E-state index >= 15 is 4.39 Å². The van der Waals surface area contributed by atoms with Crippen LogP contribution in [0.15, 0.2) is 11.6 Å². The first-order valence-electron chi connectivity index (χ1n) is 10.8. The van der Waals surface area contributed by atoms with Gasteiger partial charge in [-0.25, -0.2) is 8.96 Å². The zero-order valence-electron chi connectivity index (χ0n) is 17.7. The Morgan fingerprint density at radius 1 is 1.23 bits per heavy atom. The minimum Gasteiger partial charge on any atom is -0.390 e. The number of hydrogen-bond acceptors (Lipinski definition) is 6. The zero-order chi connectivity index (χ0) is 23.0. The van der Waals surface area contributed by atoms with Crippen molar-refractivity contribution in [1.29, 1.82) is 0 Å². The summed E-state index contributed by atoms with van der Waals surface area (Å²) in [5, 5.41) is 22.5. The fraction of sp³-hybridized carbons (Fsp3) is 0.810. The second-order valence-corrected chi connectivity index (χ2v) is 11.5. The molecule has 0 spiro atoms. The van der Waals surface area contributed by atoms with E-state index in [1.807, 2.05) is 0 Å². The van der Waals surface area contributed by atoms with Crippen LogP contribution in [0, 0.1) is 22.7 Å². The molecule has 0 aromatic heterocycles. The number of Topliss-reactive ketones (excluding diaryl/α,β-unsaturated/α-hetero) is 1. The topological polar surface area (TPSA) is 141 Å². The Morgan fingerprint density at radius 2 is 1.90 bits per heavy atom. The van der Waals surface area contributed by atoms with Crippen molar-refractivity contribution in [3.63, 3.8) is 0 Å². The summed E-state index contributed by atoms with van der Waals surface area (Å²) in [6, 6.07) is 0. The Morgan fingerprint density at radius 3 is 2.55 bits per heavy atom. The molecule has 4 rings (SSSR count). The summed E-state index contributed by atoms with van der Waals surface area (Å²) < 4.78 is 32.3. The van der Waals surface area contributed by atoms with Gasteiger partial charge in [-0.05, 0) is 50.5 Å². The van der Waals surface area contributed by atoms with Crippen LogP contribution >= 0.6 is 7.82 Å². The van der Waals surface area contributed by atoms with Crippen molar-refractivity contribution in [3.8, 4) is 0 Å². The third kappa shape index (κ3) is 3.08. The normalized spacial score (nSPS) is 47.3. The summed E-state index contributed by atoms with van der Waals surface area (Å²) in [7, 11) is -4.90. The predicted octanol–water partition coefficient (Wildman–Crippen LogP) is 1.99.